The lowest BCUT2D eigenvalue weighted by Gasteiger charge is -2.56. The molecule has 0 unspecified atom stereocenters. The van der Waals surface area contributed by atoms with Crippen LogP contribution in [-0.4, -0.2) is 61.6 Å². The number of allylic oxidation sites excluding steroid dienone is 1. The van der Waals surface area contributed by atoms with E-state index in [1.165, 1.54) is 44.3 Å². The molecule has 3 aliphatic heterocycles. The van der Waals surface area contributed by atoms with E-state index in [0.29, 0.717) is 28.1 Å². The number of piperidine rings is 2. The number of likely N-dealkylation sites (tertiary alicyclic amines) is 2. The van der Waals surface area contributed by atoms with Crippen LogP contribution in [0.3, 0.4) is 0 Å². The predicted molar refractivity (Wildman–Crippen MR) is 115 cm³/mol. The molecule has 4 nitrogen and oxygen atoms in total. The lowest BCUT2D eigenvalue weighted by atomic mass is 9.55. The number of hydrogen-bond acceptors (Lipinski definition) is 4. The molecule has 5 rings (SSSR count). The number of carbonyl (C=O) groups excluding carboxylic acids is 1. The molecule has 0 aromatic carbocycles. The number of fused-ring (bicyclic) bond motifs is 4. The van der Waals surface area contributed by atoms with E-state index >= 15 is 0 Å². The summed E-state index contributed by atoms with van der Waals surface area (Å²) in [4.78, 5) is 18.1. The van der Waals surface area contributed by atoms with Crippen LogP contribution in [0, 0.1) is 34.0 Å². The van der Waals surface area contributed by atoms with Crippen LogP contribution in [0.5, 0.6) is 0 Å². The van der Waals surface area contributed by atoms with E-state index in [0.717, 1.165) is 32.5 Å². The first-order valence-corrected chi connectivity index (χ1v) is 11.9. The highest BCUT2D eigenvalue weighted by Gasteiger charge is 2.56. The molecule has 0 radical (unpaired) electrons. The average Bonchev–Trinajstić information content (AvgIpc) is 2.84. The SMILES string of the molecule is C=C1CCC[C@@]2(C)C[C@H]3OC(=O)[C@@H](CN4C[C@]5(C)CN(C)C[C@](C)(C4)C5)[C@@H]3C[C@H]12. The Morgan fingerprint density at radius 1 is 1.14 bits per heavy atom. The predicted octanol–water partition coefficient (Wildman–Crippen LogP) is 3.96. The van der Waals surface area contributed by atoms with Gasteiger partial charge in [0.2, 0.25) is 0 Å². The maximum atomic E-state index is 13.0. The van der Waals surface area contributed by atoms with E-state index in [9.17, 15) is 4.79 Å². The standard InChI is InChI=1S/C25H40N2O2/c1-17-7-6-8-25(4)10-21-18(9-20(17)25)19(22(28)29-21)11-27-15-23(2)12-24(3,16-27)14-26(5)13-23/h18-21H,1,6-16H2,2-5H3/t18-,19-,20+,21+,23-,24+,25-/m0/s1. The van der Waals surface area contributed by atoms with Crippen LogP contribution < -0.4 is 0 Å². The van der Waals surface area contributed by atoms with Gasteiger partial charge in [0.05, 0.1) is 5.92 Å². The molecule has 0 N–H and O–H groups in total. The van der Waals surface area contributed by atoms with E-state index in [1.807, 2.05) is 0 Å². The maximum absolute atomic E-state index is 13.0. The number of nitrogens with zero attached hydrogens (tertiary/aromatic N) is 2. The van der Waals surface area contributed by atoms with Gasteiger partial charge in [-0.15, -0.1) is 0 Å². The van der Waals surface area contributed by atoms with Crippen LogP contribution in [-0.2, 0) is 9.53 Å². The second-order valence-corrected chi connectivity index (χ2v) is 12.5. The fourth-order valence-electron chi connectivity index (χ4n) is 8.72. The third-order valence-electron chi connectivity index (χ3n) is 9.14. The summed E-state index contributed by atoms with van der Waals surface area (Å²) in [5, 5.41) is 0. The number of hydrogen-bond donors (Lipinski definition) is 0. The Labute approximate surface area is 177 Å². The molecular formula is C25H40N2O2. The Kier molecular flexibility index (Phi) is 4.54. The van der Waals surface area contributed by atoms with Gasteiger partial charge in [0.15, 0.2) is 0 Å². The Hall–Kier alpha value is -0.870. The molecule has 3 heterocycles. The first-order chi connectivity index (χ1) is 13.6. The van der Waals surface area contributed by atoms with Gasteiger partial charge in [0.1, 0.15) is 6.10 Å². The summed E-state index contributed by atoms with van der Waals surface area (Å²) in [6.45, 7) is 17.2. The fraction of sp³-hybridized carbons (Fsp3) is 0.880. The van der Waals surface area contributed by atoms with E-state index < -0.39 is 0 Å². The van der Waals surface area contributed by atoms with Crippen molar-refractivity contribution in [2.24, 2.45) is 34.0 Å². The van der Waals surface area contributed by atoms with E-state index in [1.54, 1.807) is 0 Å². The van der Waals surface area contributed by atoms with Crippen molar-refractivity contribution in [3.63, 3.8) is 0 Å². The van der Waals surface area contributed by atoms with Crippen LogP contribution in [0.15, 0.2) is 12.2 Å². The molecule has 29 heavy (non-hydrogen) atoms. The molecule has 0 amide bonds. The molecule has 0 aromatic heterocycles. The van der Waals surface area contributed by atoms with Gasteiger partial charge in [-0.25, -0.2) is 0 Å². The Bertz CT molecular complexity index is 702. The van der Waals surface area contributed by atoms with Gasteiger partial charge in [0.25, 0.3) is 0 Å². The van der Waals surface area contributed by atoms with E-state index in [2.05, 4.69) is 44.2 Å². The molecule has 5 fully saturated rings. The zero-order valence-electron chi connectivity index (χ0n) is 19.0. The Morgan fingerprint density at radius 2 is 1.83 bits per heavy atom. The summed E-state index contributed by atoms with van der Waals surface area (Å²) in [7, 11) is 2.26. The number of ether oxygens (including phenoxy) is 1. The van der Waals surface area contributed by atoms with Crippen molar-refractivity contribution < 1.29 is 9.53 Å². The summed E-state index contributed by atoms with van der Waals surface area (Å²) in [5.41, 5.74) is 2.40. The minimum atomic E-state index is 0.0584. The van der Waals surface area contributed by atoms with Crippen molar-refractivity contribution in [1.29, 1.82) is 0 Å². The van der Waals surface area contributed by atoms with Gasteiger partial charge in [0, 0.05) is 38.6 Å². The third kappa shape index (κ3) is 3.39. The van der Waals surface area contributed by atoms with Crippen LogP contribution in [0.2, 0.25) is 0 Å². The van der Waals surface area contributed by atoms with Gasteiger partial charge in [-0.2, -0.15) is 0 Å². The van der Waals surface area contributed by atoms with Crippen molar-refractivity contribution in [2.75, 3.05) is 39.8 Å². The van der Waals surface area contributed by atoms with Gasteiger partial charge >= 0.3 is 5.97 Å². The highest BCUT2D eigenvalue weighted by molar-refractivity contribution is 5.75. The smallest absolute Gasteiger partial charge is 0.310 e. The Balaban J connectivity index is 1.33. The van der Waals surface area contributed by atoms with Crippen LogP contribution in [0.25, 0.3) is 0 Å². The Morgan fingerprint density at radius 3 is 2.52 bits per heavy atom. The van der Waals surface area contributed by atoms with Gasteiger partial charge in [-0.05, 0) is 67.7 Å². The molecule has 4 heteroatoms. The average molecular weight is 401 g/mol. The first kappa shape index (κ1) is 20.1. The first-order valence-electron chi connectivity index (χ1n) is 11.9. The molecule has 3 saturated heterocycles. The van der Waals surface area contributed by atoms with Crippen LogP contribution in [0.4, 0.5) is 0 Å². The summed E-state index contributed by atoms with van der Waals surface area (Å²) in [5.74, 6) is 1.11. The van der Waals surface area contributed by atoms with Gasteiger partial charge in [-0.1, -0.05) is 32.9 Å². The minimum absolute atomic E-state index is 0.0584. The summed E-state index contributed by atoms with van der Waals surface area (Å²) in [6.07, 6.45) is 7.29. The van der Waals surface area contributed by atoms with Gasteiger partial charge in [-0.3, -0.25) is 4.79 Å². The number of carbonyl (C=O) groups is 1. The van der Waals surface area contributed by atoms with Crippen LogP contribution in [0.1, 0.15) is 59.3 Å². The molecule has 0 spiro atoms. The minimum Gasteiger partial charge on any atom is -0.462 e. The van der Waals surface area contributed by atoms with E-state index in [4.69, 9.17) is 4.74 Å². The quantitative estimate of drug-likeness (QED) is 0.519. The van der Waals surface area contributed by atoms with Crippen molar-refractivity contribution in [3.05, 3.63) is 12.2 Å². The fourth-order valence-corrected chi connectivity index (χ4v) is 8.72. The third-order valence-corrected chi connectivity index (χ3v) is 9.14. The molecule has 7 atom stereocenters. The molecule has 2 bridgehead atoms. The lowest BCUT2D eigenvalue weighted by molar-refractivity contribution is -0.147. The maximum Gasteiger partial charge on any atom is 0.310 e. The second kappa shape index (κ2) is 6.56. The number of rotatable bonds is 2. The molecule has 2 saturated carbocycles. The van der Waals surface area contributed by atoms with Crippen molar-refractivity contribution in [3.8, 4) is 0 Å². The highest BCUT2D eigenvalue weighted by Crippen LogP contribution is 2.57. The van der Waals surface area contributed by atoms with Gasteiger partial charge < -0.3 is 14.5 Å². The second-order valence-electron chi connectivity index (χ2n) is 12.5. The molecule has 2 aliphatic carbocycles. The molecule has 162 valence electrons. The highest BCUT2D eigenvalue weighted by atomic mass is 16.6. The summed E-state index contributed by atoms with van der Waals surface area (Å²) in [6, 6.07) is 0. The monoisotopic (exact) mass is 400 g/mol. The van der Waals surface area contributed by atoms with Crippen molar-refractivity contribution >= 4 is 5.97 Å². The number of esters is 1. The largest absolute Gasteiger partial charge is 0.462 e. The summed E-state index contributed by atoms with van der Waals surface area (Å²) < 4.78 is 6.03. The molecule has 0 aromatic rings. The van der Waals surface area contributed by atoms with Crippen molar-refractivity contribution in [2.45, 2.75) is 65.4 Å². The lowest BCUT2D eigenvalue weighted by Crippen LogP contribution is -2.62. The zero-order valence-corrected chi connectivity index (χ0v) is 19.0. The van der Waals surface area contributed by atoms with Crippen molar-refractivity contribution in [1.82, 2.24) is 9.80 Å². The topological polar surface area (TPSA) is 32.8 Å². The van der Waals surface area contributed by atoms with E-state index in [-0.39, 0.29) is 18.0 Å². The normalized spacial score (nSPS) is 50.8. The molecule has 5 aliphatic rings. The van der Waals surface area contributed by atoms with Crippen LogP contribution >= 0.6 is 0 Å². The zero-order chi connectivity index (χ0) is 20.6. The molecular weight excluding hydrogens is 360 g/mol. The summed E-state index contributed by atoms with van der Waals surface area (Å²) >= 11 is 0.